The lowest BCUT2D eigenvalue weighted by Crippen LogP contribution is -2.61. The van der Waals surface area contributed by atoms with E-state index in [4.69, 9.17) is 14.2 Å². The minimum absolute atomic E-state index is 0.121. The number of ether oxygens (including phenoxy) is 3. The maximum Gasteiger partial charge on any atom is 0.332 e. The maximum absolute atomic E-state index is 14.9. The Morgan fingerprint density at radius 2 is 2.05 bits per heavy atom. The van der Waals surface area contributed by atoms with Gasteiger partial charge in [-0.3, -0.25) is 4.98 Å². The summed E-state index contributed by atoms with van der Waals surface area (Å²) in [7, 11) is 1.49. The lowest BCUT2D eigenvalue weighted by molar-refractivity contribution is -0.176. The molecule has 194 valence electrons. The number of rotatable bonds is 7. The Morgan fingerprint density at radius 3 is 2.81 bits per heavy atom. The Bertz CT molecular complexity index is 1340. The number of anilines is 1. The van der Waals surface area contributed by atoms with Crippen LogP contribution < -0.4 is 20.1 Å². The molecule has 3 aromatic rings. The highest BCUT2D eigenvalue weighted by molar-refractivity contribution is 5.82. The highest BCUT2D eigenvalue weighted by Crippen LogP contribution is 2.48. The molecule has 0 radical (unpaired) electrons. The molecule has 3 aromatic heterocycles. The van der Waals surface area contributed by atoms with Gasteiger partial charge in [0.2, 0.25) is 11.8 Å². The van der Waals surface area contributed by atoms with Gasteiger partial charge in [-0.1, -0.05) is 0 Å². The number of nitrogens with zero attached hydrogens (tertiary/aromatic N) is 3. The molecule has 10 nitrogen and oxygen atoms in total. The molecular weight excluding hydrogens is 481 g/mol. The van der Waals surface area contributed by atoms with Crippen molar-refractivity contribution in [3.05, 3.63) is 47.5 Å². The van der Waals surface area contributed by atoms with Crippen molar-refractivity contribution in [2.24, 2.45) is 0 Å². The largest absolute Gasteiger partial charge is 0.481 e. The Labute approximate surface area is 212 Å². The van der Waals surface area contributed by atoms with Gasteiger partial charge in [-0.25, -0.2) is 19.2 Å². The third kappa shape index (κ3) is 4.47. The van der Waals surface area contributed by atoms with Crippen molar-refractivity contribution in [1.29, 1.82) is 0 Å². The van der Waals surface area contributed by atoms with E-state index >= 15 is 0 Å². The number of fused-ring (bicyclic) bond motifs is 5. The van der Waals surface area contributed by atoms with Crippen LogP contribution in [0.2, 0.25) is 0 Å². The van der Waals surface area contributed by atoms with Gasteiger partial charge in [-0.15, -0.1) is 0 Å². The number of aliphatic hydroxyl groups is 1. The van der Waals surface area contributed by atoms with Gasteiger partial charge < -0.3 is 30.0 Å². The first-order valence-electron chi connectivity index (χ1n) is 12.4. The number of hydrogen-bond acceptors (Lipinski definition) is 10. The van der Waals surface area contributed by atoms with Crippen LogP contribution in [0.4, 0.5) is 10.1 Å². The topological polar surface area (TPSA) is 128 Å². The zero-order valence-corrected chi connectivity index (χ0v) is 20.4. The summed E-state index contributed by atoms with van der Waals surface area (Å²) in [5.41, 5.74) is 1.64. The second kappa shape index (κ2) is 9.16. The molecule has 1 atom stereocenters. The van der Waals surface area contributed by atoms with Gasteiger partial charge in [0.25, 0.3) is 0 Å². The van der Waals surface area contributed by atoms with Crippen LogP contribution in [-0.2, 0) is 16.1 Å². The minimum atomic E-state index is -1.10. The van der Waals surface area contributed by atoms with Crippen LogP contribution >= 0.6 is 0 Å². The van der Waals surface area contributed by atoms with Crippen LogP contribution in [-0.4, -0.2) is 57.4 Å². The van der Waals surface area contributed by atoms with E-state index in [9.17, 15) is 14.3 Å². The third-order valence-corrected chi connectivity index (χ3v) is 7.75. The Hall–Kier alpha value is -3.41. The van der Waals surface area contributed by atoms with E-state index in [1.165, 1.54) is 7.11 Å². The molecule has 7 rings (SSSR count). The number of halogens is 1. The number of esters is 1. The molecule has 1 saturated carbocycles. The van der Waals surface area contributed by atoms with E-state index in [1.54, 1.807) is 12.1 Å². The molecule has 0 spiro atoms. The highest BCUT2D eigenvalue weighted by Gasteiger charge is 2.50. The predicted octanol–water partition coefficient (Wildman–Crippen LogP) is 2.80. The SMILES string of the molecule is COc1ccc2ncc(F)c(C(O)CC34CCC(NCc5ccc6c(n5)OC(=O)CN6)(CC3)CO4)c2n1. The van der Waals surface area contributed by atoms with Gasteiger partial charge in [-0.2, -0.15) is 0 Å². The van der Waals surface area contributed by atoms with Crippen LogP contribution in [0.5, 0.6) is 11.8 Å². The van der Waals surface area contributed by atoms with Crippen molar-refractivity contribution in [3.8, 4) is 11.8 Å². The Balaban J connectivity index is 1.13. The summed E-state index contributed by atoms with van der Waals surface area (Å²) >= 11 is 0. The molecule has 4 aliphatic rings. The average molecular weight is 510 g/mol. The molecule has 0 aromatic carbocycles. The minimum Gasteiger partial charge on any atom is -0.481 e. The van der Waals surface area contributed by atoms with Crippen molar-refractivity contribution in [2.45, 2.75) is 55.9 Å². The number of hydrogen-bond donors (Lipinski definition) is 3. The third-order valence-electron chi connectivity index (χ3n) is 7.75. The summed E-state index contributed by atoms with van der Waals surface area (Å²) < 4.78 is 31.6. The molecule has 3 aliphatic heterocycles. The molecular formula is C26H28FN5O5. The van der Waals surface area contributed by atoms with Crippen LogP contribution in [0.1, 0.15) is 49.5 Å². The van der Waals surface area contributed by atoms with Crippen LogP contribution in [0.3, 0.4) is 0 Å². The van der Waals surface area contributed by atoms with Gasteiger partial charge >= 0.3 is 5.97 Å². The fourth-order valence-electron chi connectivity index (χ4n) is 5.56. The summed E-state index contributed by atoms with van der Waals surface area (Å²) in [5, 5.41) is 17.8. The summed E-state index contributed by atoms with van der Waals surface area (Å²) in [6, 6.07) is 7.12. The molecule has 37 heavy (non-hydrogen) atoms. The summed E-state index contributed by atoms with van der Waals surface area (Å²) in [4.78, 5) is 24.5. The Morgan fingerprint density at radius 1 is 1.22 bits per heavy atom. The van der Waals surface area contributed by atoms with Crippen LogP contribution in [0.25, 0.3) is 11.0 Å². The fourth-order valence-corrected chi connectivity index (χ4v) is 5.56. The molecule has 1 unspecified atom stereocenters. The highest BCUT2D eigenvalue weighted by atomic mass is 19.1. The standard InChI is InChI=1S/C26H28FN5O5/c1-35-20-5-4-17-23(32-20)22(16(27)12-28-17)19(33)10-26-8-6-25(7-9-26,14-36-26)30-11-15-2-3-18-24(31-15)37-21(34)13-29-18/h2-5,12,19,29-30,33H,6-11,13-14H2,1H3. The van der Waals surface area contributed by atoms with Gasteiger partial charge in [0.1, 0.15) is 17.9 Å². The molecule has 0 amide bonds. The van der Waals surface area contributed by atoms with Crippen molar-refractivity contribution in [3.63, 3.8) is 0 Å². The van der Waals surface area contributed by atoms with E-state index < -0.39 is 17.5 Å². The van der Waals surface area contributed by atoms with Gasteiger partial charge in [-0.05, 0) is 43.9 Å². The molecule has 3 fully saturated rings. The monoisotopic (exact) mass is 509 g/mol. The molecule has 2 saturated heterocycles. The van der Waals surface area contributed by atoms with Crippen LogP contribution in [0, 0.1) is 5.82 Å². The zero-order valence-electron chi connectivity index (χ0n) is 20.4. The zero-order chi connectivity index (χ0) is 25.6. The number of carbonyl (C=O) groups excluding carboxylic acids is 1. The number of methoxy groups -OCH3 is 1. The normalized spacial score (nSPS) is 25.3. The predicted molar refractivity (Wildman–Crippen MR) is 131 cm³/mol. The van der Waals surface area contributed by atoms with E-state index in [-0.39, 0.29) is 30.0 Å². The van der Waals surface area contributed by atoms with Gasteiger partial charge in [0.15, 0.2) is 0 Å². The van der Waals surface area contributed by atoms with Crippen molar-refractivity contribution < 1.29 is 28.5 Å². The number of aliphatic hydroxyl groups excluding tert-OH is 1. The number of carbonyl (C=O) groups is 1. The Kier molecular flexibility index (Phi) is 5.93. The van der Waals surface area contributed by atoms with Crippen molar-refractivity contribution in [1.82, 2.24) is 20.3 Å². The van der Waals surface area contributed by atoms with Crippen molar-refractivity contribution >= 4 is 22.7 Å². The van der Waals surface area contributed by atoms with Crippen molar-refractivity contribution in [2.75, 3.05) is 25.6 Å². The van der Waals surface area contributed by atoms with E-state index in [0.717, 1.165) is 37.6 Å². The average Bonchev–Trinajstić information content (AvgIpc) is 2.92. The molecule has 3 N–H and O–H groups in total. The second-order valence-corrected chi connectivity index (χ2v) is 10.0. The number of nitrogens with one attached hydrogen (secondary N) is 2. The molecule has 11 heteroatoms. The van der Waals surface area contributed by atoms with Gasteiger partial charge in [0, 0.05) is 30.1 Å². The first-order chi connectivity index (χ1) is 17.9. The number of aromatic nitrogens is 3. The summed E-state index contributed by atoms with van der Waals surface area (Å²) in [6.45, 7) is 1.12. The van der Waals surface area contributed by atoms with E-state index in [0.29, 0.717) is 41.6 Å². The first-order valence-corrected chi connectivity index (χ1v) is 12.4. The summed E-state index contributed by atoms with van der Waals surface area (Å²) in [5.74, 6) is -0.327. The van der Waals surface area contributed by atoms with E-state index in [2.05, 4.69) is 25.6 Å². The van der Waals surface area contributed by atoms with E-state index in [1.807, 2.05) is 12.1 Å². The maximum atomic E-state index is 14.9. The molecule has 6 heterocycles. The fraction of sp³-hybridized carbons (Fsp3) is 0.462. The molecule has 2 bridgehead atoms. The lowest BCUT2D eigenvalue weighted by Gasteiger charge is -2.54. The van der Waals surface area contributed by atoms with Gasteiger partial charge in [0.05, 0.1) is 48.5 Å². The quantitative estimate of drug-likeness (QED) is 0.409. The van der Waals surface area contributed by atoms with Crippen LogP contribution in [0.15, 0.2) is 30.5 Å². The molecule has 1 aliphatic carbocycles. The lowest BCUT2D eigenvalue weighted by atomic mass is 9.69. The summed E-state index contributed by atoms with van der Waals surface area (Å²) in [6.07, 6.45) is 3.47. The smallest absolute Gasteiger partial charge is 0.332 e. The second-order valence-electron chi connectivity index (χ2n) is 10.0. The first kappa shape index (κ1) is 24.0. The number of pyridine rings is 3.